The van der Waals surface area contributed by atoms with E-state index in [0.717, 1.165) is 6.92 Å². The third kappa shape index (κ3) is 31.6. The second-order valence-electron chi connectivity index (χ2n) is 1.40. The SMILES string of the molecule is C.C.CC(=O)CS(=O)(=O)[O-].[OH-].[Sn+2]. The zero-order chi connectivity index (χ0) is 6.78. The van der Waals surface area contributed by atoms with E-state index in [2.05, 4.69) is 0 Å². The molecule has 12 heavy (non-hydrogen) atoms. The Morgan fingerprint density at radius 3 is 1.58 bits per heavy atom. The summed E-state index contributed by atoms with van der Waals surface area (Å²) in [7, 11) is -4.32. The maximum absolute atomic E-state index is 9.88. The summed E-state index contributed by atoms with van der Waals surface area (Å²) >= 11 is 0. The van der Waals surface area contributed by atoms with Crippen molar-refractivity contribution in [2.24, 2.45) is 0 Å². The fourth-order valence-electron chi connectivity index (χ4n) is 0.249. The Hall–Kier alpha value is 0.339. The van der Waals surface area contributed by atoms with Crippen LogP contribution in [-0.4, -0.2) is 53.9 Å². The van der Waals surface area contributed by atoms with Crippen LogP contribution in [0.5, 0.6) is 0 Å². The number of rotatable bonds is 2. The summed E-state index contributed by atoms with van der Waals surface area (Å²) in [5, 5.41) is 0. The van der Waals surface area contributed by atoms with E-state index in [1.54, 1.807) is 0 Å². The number of hydrogen-bond acceptors (Lipinski definition) is 5. The molecule has 74 valence electrons. The Bertz CT molecular complexity index is 186. The molecule has 0 fully saturated rings. The van der Waals surface area contributed by atoms with Gasteiger partial charge < -0.3 is 10.0 Å². The van der Waals surface area contributed by atoms with Crippen molar-refractivity contribution >= 4 is 39.8 Å². The summed E-state index contributed by atoms with van der Waals surface area (Å²) in [5.74, 6) is -1.52. The first-order valence-electron chi connectivity index (χ1n) is 1.85. The minimum atomic E-state index is -4.32. The summed E-state index contributed by atoms with van der Waals surface area (Å²) in [6.45, 7) is 1.05. The molecule has 0 aromatic heterocycles. The van der Waals surface area contributed by atoms with Crippen LogP contribution in [0.4, 0.5) is 0 Å². The molecular weight excluding hydrogens is 291 g/mol. The summed E-state index contributed by atoms with van der Waals surface area (Å²) in [6, 6.07) is 0. The van der Waals surface area contributed by atoms with Gasteiger partial charge >= 0.3 is 23.9 Å². The third-order valence-corrected chi connectivity index (χ3v) is 1.14. The predicted molar refractivity (Wildman–Crippen MR) is 46.4 cm³/mol. The van der Waals surface area contributed by atoms with Crippen molar-refractivity contribution in [2.75, 3.05) is 5.75 Å². The summed E-state index contributed by atoms with van der Waals surface area (Å²) < 4.78 is 29.0. The Balaban J connectivity index is -0.0000000408. The van der Waals surface area contributed by atoms with E-state index in [-0.39, 0.29) is 44.2 Å². The molecule has 0 spiro atoms. The van der Waals surface area contributed by atoms with Gasteiger partial charge in [-0.2, -0.15) is 0 Å². The standard InChI is InChI=1S/C3H6O4S.2CH4.H2O.Sn/c1-3(4)2-8(5,6)7;;;;/h2H2,1H3,(H,5,6,7);2*1H4;1H2;/q;;;;+2/p-2. The third-order valence-electron chi connectivity index (χ3n) is 0.380. The van der Waals surface area contributed by atoms with Crippen molar-refractivity contribution in [3.8, 4) is 0 Å². The van der Waals surface area contributed by atoms with Gasteiger partial charge in [0.25, 0.3) is 0 Å². The first-order chi connectivity index (χ1) is 3.42. The van der Waals surface area contributed by atoms with Gasteiger partial charge in [0.2, 0.25) is 0 Å². The van der Waals surface area contributed by atoms with Gasteiger partial charge in [0.05, 0.1) is 5.75 Å². The van der Waals surface area contributed by atoms with E-state index < -0.39 is 21.7 Å². The van der Waals surface area contributed by atoms with Gasteiger partial charge in [-0.25, -0.2) is 8.42 Å². The number of Topliss-reactive ketones (excluding diaryl/α,β-unsaturated/α-hetero) is 1. The predicted octanol–water partition coefficient (Wildman–Crippen LogP) is -0.165. The zero-order valence-electron chi connectivity index (χ0n) is 5.20. The maximum atomic E-state index is 9.88. The molecule has 0 aromatic carbocycles. The van der Waals surface area contributed by atoms with E-state index in [4.69, 9.17) is 0 Å². The Morgan fingerprint density at radius 1 is 1.33 bits per heavy atom. The fourth-order valence-corrected chi connectivity index (χ4v) is 0.747. The molecular formula is C5H14O5SSn. The molecule has 0 aromatic rings. The van der Waals surface area contributed by atoms with Gasteiger partial charge in [-0.3, -0.25) is 4.79 Å². The van der Waals surface area contributed by atoms with Gasteiger partial charge in [-0.05, 0) is 6.92 Å². The molecule has 7 heteroatoms. The van der Waals surface area contributed by atoms with Crippen LogP contribution in [0.1, 0.15) is 21.8 Å². The number of ketones is 1. The molecule has 0 saturated heterocycles. The Labute approximate surface area is 90.6 Å². The Morgan fingerprint density at radius 2 is 1.58 bits per heavy atom. The summed E-state index contributed by atoms with van der Waals surface area (Å²) in [5.41, 5.74) is 0. The topological polar surface area (TPSA) is 104 Å². The van der Waals surface area contributed by atoms with E-state index in [0.29, 0.717) is 0 Å². The minimum Gasteiger partial charge on any atom is -0.870 e. The monoisotopic (exact) mass is 306 g/mol. The van der Waals surface area contributed by atoms with E-state index >= 15 is 0 Å². The van der Waals surface area contributed by atoms with Crippen molar-refractivity contribution in [3.05, 3.63) is 0 Å². The molecule has 0 atom stereocenters. The fraction of sp³-hybridized carbons (Fsp3) is 0.800. The maximum Gasteiger partial charge on any atom is 2.00 e. The molecule has 0 amide bonds. The average molecular weight is 305 g/mol. The number of carbonyl (C=O) groups excluding carboxylic acids is 1. The molecule has 0 aliphatic heterocycles. The second-order valence-corrected chi connectivity index (χ2v) is 2.81. The number of carbonyl (C=O) groups is 1. The van der Waals surface area contributed by atoms with Gasteiger partial charge in [-0.15, -0.1) is 0 Å². The number of hydrogen-bond donors (Lipinski definition) is 0. The minimum absolute atomic E-state index is 0. The molecule has 5 nitrogen and oxygen atoms in total. The molecule has 2 radical (unpaired) electrons. The van der Waals surface area contributed by atoms with E-state index in [1.165, 1.54) is 0 Å². The average Bonchev–Trinajstić information content (AvgIpc) is 1.21. The summed E-state index contributed by atoms with van der Waals surface area (Å²) in [6.07, 6.45) is 0. The second kappa shape index (κ2) is 11.3. The van der Waals surface area contributed by atoms with Crippen LogP contribution < -0.4 is 0 Å². The van der Waals surface area contributed by atoms with Crippen molar-refractivity contribution in [1.82, 2.24) is 0 Å². The first kappa shape index (κ1) is 29.5. The Kier molecular flexibility index (Phi) is 27.8. The van der Waals surface area contributed by atoms with Crippen LogP contribution >= 0.6 is 0 Å². The van der Waals surface area contributed by atoms with Crippen LogP contribution in [-0.2, 0) is 14.9 Å². The first-order valence-corrected chi connectivity index (χ1v) is 3.42. The van der Waals surface area contributed by atoms with E-state index in [9.17, 15) is 17.8 Å². The van der Waals surface area contributed by atoms with Crippen LogP contribution in [0.2, 0.25) is 0 Å². The van der Waals surface area contributed by atoms with Crippen molar-refractivity contribution < 1.29 is 23.2 Å². The van der Waals surface area contributed by atoms with Crippen molar-refractivity contribution in [2.45, 2.75) is 21.8 Å². The molecule has 1 N–H and O–H groups in total. The molecule has 0 heterocycles. The van der Waals surface area contributed by atoms with Gasteiger partial charge in [0.1, 0.15) is 15.9 Å². The molecule has 0 aliphatic rings. The molecule has 0 aliphatic carbocycles. The molecule has 0 unspecified atom stereocenters. The van der Waals surface area contributed by atoms with Gasteiger partial charge in [0, 0.05) is 0 Å². The van der Waals surface area contributed by atoms with Crippen LogP contribution in [0.25, 0.3) is 0 Å². The van der Waals surface area contributed by atoms with Gasteiger partial charge in [-0.1, -0.05) is 14.9 Å². The molecule has 0 bridgehead atoms. The zero-order valence-corrected chi connectivity index (χ0v) is 8.87. The van der Waals surface area contributed by atoms with Crippen LogP contribution in [0, 0.1) is 0 Å². The van der Waals surface area contributed by atoms with Gasteiger partial charge in [0.15, 0.2) is 0 Å². The summed E-state index contributed by atoms with van der Waals surface area (Å²) in [4.78, 5) is 9.88. The molecule has 0 saturated carbocycles. The van der Waals surface area contributed by atoms with Crippen molar-refractivity contribution in [3.63, 3.8) is 0 Å². The van der Waals surface area contributed by atoms with Crippen LogP contribution in [0.3, 0.4) is 0 Å². The van der Waals surface area contributed by atoms with Crippen LogP contribution in [0.15, 0.2) is 0 Å². The van der Waals surface area contributed by atoms with Crippen molar-refractivity contribution in [1.29, 1.82) is 0 Å². The van der Waals surface area contributed by atoms with E-state index in [1.807, 2.05) is 0 Å². The molecule has 0 rings (SSSR count). The normalized spacial score (nSPS) is 7.50. The largest absolute Gasteiger partial charge is 2.00 e. The quantitative estimate of drug-likeness (QED) is 0.520. The smallest absolute Gasteiger partial charge is 0.870 e.